The Morgan fingerprint density at radius 3 is 2.05 bits per heavy atom. The fraction of sp³-hybridized carbons (Fsp3) is 0.0408. The Bertz CT molecular complexity index is 2940. The van der Waals surface area contributed by atoms with Crippen molar-refractivity contribution in [1.82, 2.24) is 15.0 Å². The van der Waals surface area contributed by atoms with Crippen molar-refractivity contribution >= 4 is 61.6 Å². The molecule has 3 heterocycles. The summed E-state index contributed by atoms with van der Waals surface area (Å²) < 4.78 is 28.6. The Labute approximate surface area is 323 Å². The van der Waals surface area contributed by atoms with Gasteiger partial charge in [-0.2, -0.15) is 0 Å². The van der Waals surface area contributed by atoms with Crippen LogP contribution in [0.3, 0.4) is 0 Å². The van der Waals surface area contributed by atoms with Crippen LogP contribution >= 0.6 is 0 Å². The molecule has 0 fully saturated rings. The van der Waals surface area contributed by atoms with Gasteiger partial charge >= 0.3 is 0 Å². The Kier molecular flexibility index (Phi) is 9.73. The molecule has 0 bridgehead atoms. The first-order valence-corrected chi connectivity index (χ1v) is 18.1. The third kappa shape index (κ3) is 7.30. The van der Waals surface area contributed by atoms with Crippen LogP contribution in [0, 0.1) is 18.6 Å². The minimum absolute atomic E-state index is 0.164. The van der Waals surface area contributed by atoms with Crippen molar-refractivity contribution in [1.29, 1.82) is 0 Å². The molecule has 0 unspecified atom stereocenters. The third-order valence-electron chi connectivity index (χ3n) is 9.80. The zero-order valence-electron chi connectivity index (χ0n) is 30.8. The fourth-order valence-electron chi connectivity index (χ4n) is 6.84. The highest BCUT2D eigenvalue weighted by molar-refractivity contribution is 6.13. The predicted octanol–water partition coefficient (Wildman–Crippen LogP) is 12.2. The largest absolute Gasteiger partial charge is 0.256 e. The number of aliphatic imine (C=N–C) groups is 2. The van der Waals surface area contributed by atoms with Crippen LogP contribution in [0.5, 0.6) is 0 Å². The van der Waals surface area contributed by atoms with Crippen LogP contribution in [-0.4, -0.2) is 26.5 Å². The van der Waals surface area contributed by atoms with E-state index >= 15 is 0 Å². The molecule has 0 aliphatic rings. The Morgan fingerprint density at radius 1 is 0.607 bits per heavy atom. The number of allylic oxidation sites excluding steroid dienone is 2. The number of halogens is 2. The van der Waals surface area contributed by atoms with Crippen LogP contribution in [0.15, 0.2) is 169 Å². The van der Waals surface area contributed by atoms with Crippen LogP contribution in [0.4, 0.5) is 8.78 Å². The average molecular weight is 732 g/mol. The number of pyridine rings is 3. The van der Waals surface area contributed by atoms with Crippen LogP contribution < -0.4 is 0 Å². The number of amidine groups is 1. The molecule has 0 N–H and O–H groups in total. The van der Waals surface area contributed by atoms with Gasteiger partial charge in [-0.25, -0.2) is 18.8 Å². The lowest BCUT2D eigenvalue weighted by atomic mass is 9.97. The van der Waals surface area contributed by atoms with Gasteiger partial charge in [0.1, 0.15) is 11.6 Å². The fourth-order valence-corrected chi connectivity index (χ4v) is 6.84. The quantitative estimate of drug-likeness (QED) is 0.0514. The summed E-state index contributed by atoms with van der Waals surface area (Å²) in [5.74, 6) is -1.11. The molecular weight excluding hydrogens is 697 g/mol. The second kappa shape index (κ2) is 15.2. The molecule has 0 saturated heterocycles. The molecule has 270 valence electrons. The summed E-state index contributed by atoms with van der Waals surface area (Å²) in [7, 11) is 0. The minimum Gasteiger partial charge on any atom is -0.256 e. The maximum absolute atomic E-state index is 14.3. The highest BCUT2D eigenvalue weighted by atomic mass is 19.1. The summed E-state index contributed by atoms with van der Waals surface area (Å²) in [6.45, 7) is 12.2. The lowest BCUT2D eigenvalue weighted by Gasteiger charge is -2.11. The topological polar surface area (TPSA) is 63.4 Å². The van der Waals surface area contributed by atoms with Gasteiger partial charge in [0.05, 0.1) is 22.2 Å². The van der Waals surface area contributed by atoms with E-state index in [0.717, 1.165) is 77.7 Å². The average Bonchev–Trinajstić information content (AvgIpc) is 3.22. The molecule has 0 aliphatic carbocycles. The molecule has 8 aromatic rings. The SMILES string of the molecule is C=C/C(=C\c1ccc2cccnc2c1C)c1cccc(C(=N/C(=C)c2cc(F)cc(F)c2)/N=C(\C)c2cccc(-c3cnc4c(ccc5cccnc54)c3)c2)c1. The van der Waals surface area contributed by atoms with Gasteiger partial charge in [0.25, 0.3) is 0 Å². The van der Waals surface area contributed by atoms with Gasteiger partial charge in [-0.3, -0.25) is 15.0 Å². The van der Waals surface area contributed by atoms with Crippen molar-refractivity contribution in [2.45, 2.75) is 13.8 Å². The van der Waals surface area contributed by atoms with Gasteiger partial charge in [-0.1, -0.05) is 92.0 Å². The van der Waals surface area contributed by atoms with Crippen molar-refractivity contribution in [3.63, 3.8) is 0 Å². The monoisotopic (exact) mass is 731 g/mol. The van der Waals surface area contributed by atoms with E-state index in [0.29, 0.717) is 17.1 Å². The molecule has 0 radical (unpaired) electrons. The molecule has 5 nitrogen and oxygen atoms in total. The van der Waals surface area contributed by atoms with Gasteiger partial charge < -0.3 is 0 Å². The minimum atomic E-state index is -0.719. The van der Waals surface area contributed by atoms with Crippen LogP contribution in [0.2, 0.25) is 0 Å². The van der Waals surface area contributed by atoms with Crippen LogP contribution in [0.1, 0.15) is 40.3 Å². The summed E-state index contributed by atoms with van der Waals surface area (Å²) in [6.07, 6.45) is 9.34. The molecule has 5 aromatic carbocycles. The van der Waals surface area contributed by atoms with Gasteiger partial charge in [0, 0.05) is 63.2 Å². The number of fused-ring (bicyclic) bond motifs is 4. The molecule has 0 aliphatic heterocycles. The second-order valence-corrected chi connectivity index (χ2v) is 13.5. The van der Waals surface area contributed by atoms with Crippen molar-refractivity contribution in [3.05, 3.63) is 204 Å². The van der Waals surface area contributed by atoms with E-state index in [1.165, 1.54) is 12.1 Å². The number of aromatic nitrogens is 3. The van der Waals surface area contributed by atoms with Crippen molar-refractivity contribution in [2.75, 3.05) is 0 Å². The number of hydrogen-bond donors (Lipinski definition) is 0. The van der Waals surface area contributed by atoms with Crippen molar-refractivity contribution in [2.24, 2.45) is 9.98 Å². The van der Waals surface area contributed by atoms with E-state index in [9.17, 15) is 8.78 Å². The highest BCUT2D eigenvalue weighted by Crippen LogP contribution is 2.29. The van der Waals surface area contributed by atoms with Gasteiger partial charge in [0.15, 0.2) is 5.84 Å². The van der Waals surface area contributed by atoms with Crippen molar-refractivity contribution in [3.8, 4) is 11.1 Å². The maximum Gasteiger partial charge on any atom is 0.160 e. The Hall–Kier alpha value is -7.25. The zero-order valence-corrected chi connectivity index (χ0v) is 30.8. The predicted molar refractivity (Wildman–Crippen MR) is 228 cm³/mol. The number of aryl methyl sites for hydroxylation is 1. The van der Waals surface area contributed by atoms with E-state index in [4.69, 9.17) is 15.0 Å². The van der Waals surface area contributed by atoms with Gasteiger partial charge in [-0.15, -0.1) is 0 Å². The summed E-state index contributed by atoms with van der Waals surface area (Å²) in [4.78, 5) is 23.8. The third-order valence-corrected chi connectivity index (χ3v) is 9.80. The Morgan fingerprint density at radius 2 is 1.27 bits per heavy atom. The Balaban J connectivity index is 1.19. The molecule has 56 heavy (non-hydrogen) atoms. The lowest BCUT2D eigenvalue weighted by molar-refractivity contribution is 0.582. The highest BCUT2D eigenvalue weighted by Gasteiger charge is 2.13. The van der Waals surface area contributed by atoms with E-state index in [1.807, 2.05) is 85.9 Å². The summed E-state index contributed by atoms with van der Waals surface area (Å²) in [5, 5.41) is 3.10. The first kappa shape index (κ1) is 35.8. The normalized spacial score (nSPS) is 12.4. The zero-order chi connectivity index (χ0) is 38.8. The number of benzene rings is 5. The molecule has 7 heteroatoms. The summed E-state index contributed by atoms with van der Waals surface area (Å²) >= 11 is 0. The molecule has 0 spiro atoms. The summed E-state index contributed by atoms with van der Waals surface area (Å²) in [6, 6.07) is 37.4. The number of hydrogen-bond acceptors (Lipinski definition) is 4. The van der Waals surface area contributed by atoms with E-state index in [2.05, 4.69) is 72.5 Å². The molecule has 0 amide bonds. The summed E-state index contributed by atoms with van der Waals surface area (Å²) in [5.41, 5.74) is 11.0. The van der Waals surface area contributed by atoms with Gasteiger partial charge in [0.2, 0.25) is 0 Å². The van der Waals surface area contributed by atoms with Crippen molar-refractivity contribution < 1.29 is 8.78 Å². The number of rotatable bonds is 8. The lowest BCUT2D eigenvalue weighted by Crippen LogP contribution is -2.05. The smallest absolute Gasteiger partial charge is 0.160 e. The van der Waals surface area contributed by atoms with Crippen LogP contribution in [-0.2, 0) is 0 Å². The second-order valence-electron chi connectivity index (χ2n) is 13.5. The maximum atomic E-state index is 14.3. The first-order valence-electron chi connectivity index (χ1n) is 18.1. The van der Waals surface area contributed by atoms with Gasteiger partial charge in [-0.05, 0) is 95.8 Å². The van der Waals surface area contributed by atoms with Crippen LogP contribution in [0.25, 0.3) is 61.2 Å². The van der Waals surface area contributed by atoms with E-state index in [-0.39, 0.29) is 11.3 Å². The van der Waals surface area contributed by atoms with E-state index < -0.39 is 11.6 Å². The first-order chi connectivity index (χ1) is 27.2. The standard InChI is InChI=1S/C49H35F2N5/c1-5-33(22-36-18-16-34-14-8-20-52-46(34)30(36)2)38-11-7-13-41(24-38)49(56-32(4)42-26-44(50)28-45(51)27-42)55-31(3)37-10-6-12-39(23-37)43-25-40-19-17-35-15-9-21-53-47(35)48(40)54-29-43/h5-29H,1,4H2,2-3H3/b33-22+,55-31+,56-49-. The molecule has 8 rings (SSSR count). The molecule has 0 atom stereocenters. The number of nitrogens with zero attached hydrogens (tertiary/aromatic N) is 5. The molecule has 0 saturated carbocycles. The molecular formula is C49H35F2N5. The van der Waals surface area contributed by atoms with E-state index in [1.54, 1.807) is 12.4 Å². The molecule has 3 aromatic heterocycles.